The van der Waals surface area contributed by atoms with Crippen molar-refractivity contribution in [1.82, 2.24) is 10.1 Å². The maximum atomic E-state index is 5.86. The van der Waals surface area contributed by atoms with Gasteiger partial charge in [0.15, 0.2) is 5.76 Å². The van der Waals surface area contributed by atoms with Crippen molar-refractivity contribution >= 4 is 16.6 Å². The first-order valence-corrected chi connectivity index (χ1v) is 5.46. The zero-order valence-electron chi connectivity index (χ0n) is 9.74. The normalized spacial score (nSPS) is 11.2. The molecule has 4 heteroatoms. The third-order valence-electron chi connectivity index (χ3n) is 2.97. The second kappa shape index (κ2) is 3.38. The summed E-state index contributed by atoms with van der Waals surface area (Å²) in [5.74, 6) is 0.638. The molecule has 2 heterocycles. The number of aromatic nitrogens is 2. The van der Waals surface area contributed by atoms with E-state index < -0.39 is 0 Å². The van der Waals surface area contributed by atoms with Crippen molar-refractivity contribution in [2.45, 2.75) is 13.8 Å². The van der Waals surface area contributed by atoms with E-state index >= 15 is 0 Å². The maximum absolute atomic E-state index is 5.86. The van der Waals surface area contributed by atoms with Gasteiger partial charge in [0.05, 0.1) is 11.8 Å². The van der Waals surface area contributed by atoms with Gasteiger partial charge < -0.3 is 15.2 Å². The van der Waals surface area contributed by atoms with Crippen molar-refractivity contribution in [1.29, 1.82) is 0 Å². The van der Waals surface area contributed by atoms with Gasteiger partial charge in [0.2, 0.25) is 0 Å². The van der Waals surface area contributed by atoms with E-state index in [1.54, 1.807) is 0 Å². The standard InChI is InChI=1S/C13H13N3O/c1-7-3-4-11-9(5-7)12(8(2)16-11)13-10(14)6-15-17-13/h3-6,16H,14H2,1-2H3. The quantitative estimate of drug-likeness (QED) is 0.671. The minimum absolute atomic E-state index is 0.565. The summed E-state index contributed by atoms with van der Waals surface area (Å²) >= 11 is 0. The fraction of sp³-hybridized carbons (Fsp3) is 0.154. The number of nitrogens with one attached hydrogen (secondary N) is 1. The number of nitrogens with zero attached hydrogens (tertiary/aromatic N) is 1. The molecule has 0 aliphatic carbocycles. The minimum Gasteiger partial charge on any atom is -0.394 e. The van der Waals surface area contributed by atoms with Crippen molar-refractivity contribution in [2.75, 3.05) is 5.73 Å². The Bertz CT molecular complexity index is 694. The van der Waals surface area contributed by atoms with Gasteiger partial charge in [0, 0.05) is 16.6 Å². The molecule has 3 N–H and O–H groups in total. The average molecular weight is 227 g/mol. The molecule has 3 rings (SSSR count). The van der Waals surface area contributed by atoms with Gasteiger partial charge in [-0.25, -0.2) is 0 Å². The summed E-state index contributed by atoms with van der Waals surface area (Å²) in [7, 11) is 0. The number of nitrogen functional groups attached to an aromatic ring is 1. The van der Waals surface area contributed by atoms with Crippen LogP contribution < -0.4 is 5.73 Å². The minimum atomic E-state index is 0.565. The van der Waals surface area contributed by atoms with Crippen molar-refractivity contribution < 1.29 is 4.52 Å². The highest BCUT2D eigenvalue weighted by Gasteiger charge is 2.16. The molecule has 4 nitrogen and oxygen atoms in total. The molecule has 0 bridgehead atoms. The highest BCUT2D eigenvalue weighted by molar-refractivity contribution is 5.98. The largest absolute Gasteiger partial charge is 0.394 e. The van der Waals surface area contributed by atoms with Gasteiger partial charge in [0.1, 0.15) is 5.69 Å². The molecule has 0 fully saturated rings. The fourth-order valence-electron chi connectivity index (χ4n) is 2.17. The van der Waals surface area contributed by atoms with Gasteiger partial charge in [-0.1, -0.05) is 16.8 Å². The van der Waals surface area contributed by atoms with Crippen LogP contribution in [-0.4, -0.2) is 10.1 Å². The molecule has 0 spiro atoms. The van der Waals surface area contributed by atoms with Crippen molar-refractivity contribution in [3.63, 3.8) is 0 Å². The Balaban J connectivity index is 2.39. The first-order valence-electron chi connectivity index (χ1n) is 5.46. The highest BCUT2D eigenvalue weighted by atomic mass is 16.5. The molecule has 0 aliphatic heterocycles. The molecule has 0 saturated heterocycles. The second-order valence-corrected chi connectivity index (χ2v) is 4.28. The monoisotopic (exact) mass is 227 g/mol. The van der Waals surface area contributed by atoms with Crippen molar-refractivity contribution in [2.24, 2.45) is 0 Å². The van der Waals surface area contributed by atoms with E-state index in [4.69, 9.17) is 10.3 Å². The summed E-state index contributed by atoms with van der Waals surface area (Å²) < 4.78 is 5.24. The summed E-state index contributed by atoms with van der Waals surface area (Å²) in [6, 6.07) is 6.26. The predicted molar refractivity (Wildman–Crippen MR) is 67.7 cm³/mol. The number of aromatic amines is 1. The Hall–Kier alpha value is -2.23. The third kappa shape index (κ3) is 1.41. The van der Waals surface area contributed by atoms with E-state index in [2.05, 4.69) is 35.3 Å². The zero-order valence-corrected chi connectivity index (χ0v) is 9.74. The van der Waals surface area contributed by atoms with E-state index in [0.29, 0.717) is 11.4 Å². The van der Waals surface area contributed by atoms with Crippen molar-refractivity contribution in [3.05, 3.63) is 35.7 Å². The van der Waals surface area contributed by atoms with Crippen LogP contribution in [0.25, 0.3) is 22.2 Å². The number of nitrogens with two attached hydrogens (primary N) is 1. The molecule has 0 amide bonds. The van der Waals surface area contributed by atoms with Crippen LogP contribution >= 0.6 is 0 Å². The van der Waals surface area contributed by atoms with E-state index in [1.165, 1.54) is 11.8 Å². The second-order valence-electron chi connectivity index (χ2n) is 4.28. The first-order chi connectivity index (χ1) is 8.16. The molecule has 2 aromatic heterocycles. The molecular weight excluding hydrogens is 214 g/mol. The zero-order chi connectivity index (χ0) is 12.0. The van der Waals surface area contributed by atoms with Crippen LogP contribution in [0.3, 0.4) is 0 Å². The highest BCUT2D eigenvalue weighted by Crippen LogP contribution is 2.35. The van der Waals surface area contributed by atoms with E-state index in [1.807, 2.05) is 6.92 Å². The molecule has 0 atom stereocenters. The Morgan fingerprint density at radius 1 is 1.29 bits per heavy atom. The Labute approximate surface area is 98.4 Å². The maximum Gasteiger partial charge on any atom is 0.192 e. The smallest absolute Gasteiger partial charge is 0.192 e. The lowest BCUT2D eigenvalue weighted by atomic mass is 10.1. The van der Waals surface area contributed by atoms with Gasteiger partial charge in [-0.15, -0.1) is 0 Å². The molecule has 0 radical (unpaired) electrons. The van der Waals surface area contributed by atoms with Gasteiger partial charge in [-0.3, -0.25) is 0 Å². The Morgan fingerprint density at radius 3 is 2.82 bits per heavy atom. The summed E-state index contributed by atoms with van der Waals surface area (Å²) in [5, 5.41) is 4.85. The van der Waals surface area contributed by atoms with Gasteiger partial charge in [-0.2, -0.15) is 0 Å². The fourth-order valence-corrected chi connectivity index (χ4v) is 2.17. The van der Waals surface area contributed by atoms with E-state index in [0.717, 1.165) is 22.2 Å². The van der Waals surface area contributed by atoms with Crippen LogP contribution in [0.2, 0.25) is 0 Å². The molecule has 17 heavy (non-hydrogen) atoms. The number of fused-ring (bicyclic) bond motifs is 1. The topological polar surface area (TPSA) is 67.8 Å². The summed E-state index contributed by atoms with van der Waals surface area (Å²) in [6.07, 6.45) is 1.53. The third-order valence-corrected chi connectivity index (χ3v) is 2.97. The Morgan fingerprint density at radius 2 is 2.12 bits per heavy atom. The molecular formula is C13H13N3O. The molecule has 0 aliphatic rings. The van der Waals surface area contributed by atoms with E-state index in [-0.39, 0.29) is 0 Å². The lowest BCUT2D eigenvalue weighted by Crippen LogP contribution is -1.85. The SMILES string of the molecule is Cc1ccc2[nH]c(C)c(-c3oncc3N)c2c1. The van der Waals surface area contributed by atoms with Crippen LogP contribution in [0, 0.1) is 13.8 Å². The van der Waals surface area contributed by atoms with Crippen molar-refractivity contribution in [3.8, 4) is 11.3 Å². The summed E-state index contributed by atoms with van der Waals surface area (Å²) in [5.41, 5.74) is 10.7. The number of benzene rings is 1. The Kier molecular flexibility index (Phi) is 1.98. The number of aryl methyl sites for hydroxylation is 2. The number of hydrogen-bond donors (Lipinski definition) is 2. The lowest BCUT2D eigenvalue weighted by Gasteiger charge is -1.98. The van der Waals surface area contributed by atoms with Crippen LogP contribution in [0.15, 0.2) is 28.9 Å². The van der Waals surface area contributed by atoms with Crippen LogP contribution in [0.4, 0.5) is 5.69 Å². The first kappa shape index (κ1) is 9.96. The van der Waals surface area contributed by atoms with Gasteiger partial charge in [0.25, 0.3) is 0 Å². The number of rotatable bonds is 1. The van der Waals surface area contributed by atoms with Gasteiger partial charge in [-0.05, 0) is 26.0 Å². The molecule has 86 valence electrons. The molecule has 0 unspecified atom stereocenters. The number of hydrogen-bond acceptors (Lipinski definition) is 3. The van der Waals surface area contributed by atoms with Crippen LogP contribution in [-0.2, 0) is 0 Å². The molecule has 3 aromatic rings. The average Bonchev–Trinajstić information content (AvgIpc) is 2.81. The molecule has 1 aromatic carbocycles. The summed E-state index contributed by atoms with van der Waals surface area (Å²) in [4.78, 5) is 3.33. The van der Waals surface area contributed by atoms with Crippen LogP contribution in [0.5, 0.6) is 0 Å². The summed E-state index contributed by atoms with van der Waals surface area (Å²) in [6.45, 7) is 4.07. The number of H-pyrrole nitrogens is 1. The predicted octanol–water partition coefficient (Wildman–Crippen LogP) is 3.02. The van der Waals surface area contributed by atoms with Gasteiger partial charge >= 0.3 is 0 Å². The molecule has 0 saturated carbocycles. The lowest BCUT2D eigenvalue weighted by molar-refractivity contribution is 0.432. The number of anilines is 1. The van der Waals surface area contributed by atoms with E-state index in [9.17, 15) is 0 Å². The van der Waals surface area contributed by atoms with Crippen LogP contribution in [0.1, 0.15) is 11.3 Å².